The van der Waals surface area contributed by atoms with Crippen LogP contribution in [0, 0.1) is 0 Å². The van der Waals surface area contributed by atoms with Gasteiger partial charge < -0.3 is 10.1 Å². The molecule has 2 heterocycles. The molecule has 3 rings (SSSR count). The molecule has 1 saturated heterocycles. The summed E-state index contributed by atoms with van der Waals surface area (Å²) in [6.07, 6.45) is 2.94. The van der Waals surface area contributed by atoms with E-state index in [1.54, 1.807) is 0 Å². The highest BCUT2D eigenvalue weighted by molar-refractivity contribution is 7.19. The number of benzene rings is 1. The predicted molar refractivity (Wildman–Crippen MR) is 77.2 cm³/mol. The van der Waals surface area contributed by atoms with E-state index in [1.165, 1.54) is 21.4 Å². The van der Waals surface area contributed by atoms with Gasteiger partial charge in [0.25, 0.3) is 0 Å². The van der Waals surface area contributed by atoms with Gasteiger partial charge in [-0.15, -0.1) is 11.3 Å². The molecule has 0 bridgehead atoms. The SMILES string of the molecule is CCCC1CNCC(c2cc3ccccc3s2)O1. The molecular formula is C15H19NOS. The molecule has 2 aromatic rings. The van der Waals surface area contributed by atoms with E-state index < -0.39 is 0 Å². The quantitative estimate of drug-likeness (QED) is 0.909. The number of hydrogen-bond donors (Lipinski definition) is 1. The third-order valence-electron chi connectivity index (χ3n) is 3.43. The van der Waals surface area contributed by atoms with E-state index in [0.717, 1.165) is 19.5 Å². The van der Waals surface area contributed by atoms with Gasteiger partial charge in [-0.2, -0.15) is 0 Å². The molecule has 0 saturated carbocycles. The average Bonchev–Trinajstić information content (AvgIpc) is 2.83. The molecule has 3 heteroatoms. The first-order valence-corrected chi connectivity index (χ1v) is 7.53. The van der Waals surface area contributed by atoms with Crippen LogP contribution in [0.5, 0.6) is 0 Å². The Morgan fingerprint density at radius 2 is 2.22 bits per heavy atom. The fraction of sp³-hybridized carbons (Fsp3) is 0.467. The Balaban J connectivity index is 1.80. The van der Waals surface area contributed by atoms with Crippen molar-refractivity contribution in [2.24, 2.45) is 0 Å². The third kappa shape index (κ3) is 2.44. The minimum Gasteiger partial charge on any atom is -0.367 e. The molecule has 0 spiro atoms. The third-order valence-corrected chi connectivity index (χ3v) is 4.64. The highest BCUT2D eigenvalue weighted by Gasteiger charge is 2.24. The monoisotopic (exact) mass is 261 g/mol. The largest absolute Gasteiger partial charge is 0.367 e. The molecule has 1 N–H and O–H groups in total. The van der Waals surface area contributed by atoms with Crippen LogP contribution in [0.4, 0.5) is 0 Å². The lowest BCUT2D eigenvalue weighted by molar-refractivity contribution is -0.0407. The second kappa shape index (κ2) is 5.39. The van der Waals surface area contributed by atoms with Gasteiger partial charge in [0.15, 0.2) is 0 Å². The summed E-state index contributed by atoms with van der Waals surface area (Å²) >= 11 is 1.86. The summed E-state index contributed by atoms with van der Waals surface area (Å²) in [7, 11) is 0. The minimum atomic E-state index is 0.229. The molecule has 18 heavy (non-hydrogen) atoms. The molecule has 0 aliphatic carbocycles. The molecule has 1 aliphatic heterocycles. The topological polar surface area (TPSA) is 21.3 Å². The van der Waals surface area contributed by atoms with Gasteiger partial charge in [0.2, 0.25) is 0 Å². The highest BCUT2D eigenvalue weighted by Crippen LogP contribution is 2.33. The van der Waals surface area contributed by atoms with E-state index in [9.17, 15) is 0 Å². The number of rotatable bonds is 3. The highest BCUT2D eigenvalue weighted by atomic mass is 32.1. The lowest BCUT2D eigenvalue weighted by atomic mass is 10.1. The Kier molecular flexibility index (Phi) is 3.64. The maximum atomic E-state index is 6.19. The van der Waals surface area contributed by atoms with Crippen molar-refractivity contribution in [2.75, 3.05) is 13.1 Å². The van der Waals surface area contributed by atoms with Crippen LogP contribution >= 0.6 is 11.3 Å². The van der Waals surface area contributed by atoms with Crippen molar-refractivity contribution in [3.05, 3.63) is 35.2 Å². The molecule has 2 atom stereocenters. The zero-order valence-corrected chi connectivity index (χ0v) is 11.5. The van der Waals surface area contributed by atoms with Crippen molar-refractivity contribution >= 4 is 21.4 Å². The van der Waals surface area contributed by atoms with Crippen LogP contribution in [-0.4, -0.2) is 19.2 Å². The van der Waals surface area contributed by atoms with E-state index in [2.05, 4.69) is 42.6 Å². The number of ether oxygens (including phenoxy) is 1. The summed E-state index contributed by atoms with van der Waals surface area (Å²) in [4.78, 5) is 1.35. The Labute approximate surface area is 112 Å². The normalized spacial score (nSPS) is 24.5. The van der Waals surface area contributed by atoms with Crippen molar-refractivity contribution in [1.82, 2.24) is 5.32 Å². The number of fused-ring (bicyclic) bond motifs is 1. The predicted octanol–water partition coefficient (Wildman–Crippen LogP) is 3.73. The Bertz CT molecular complexity index is 487. The van der Waals surface area contributed by atoms with Crippen LogP contribution < -0.4 is 5.32 Å². The van der Waals surface area contributed by atoms with E-state index >= 15 is 0 Å². The van der Waals surface area contributed by atoms with Crippen LogP contribution in [0.25, 0.3) is 10.1 Å². The van der Waals surface area contributed by atoms with Crippen LogP contribution in [0.2, 0.25) is 0 Å². The molecule has 2 nitrogen and oxygen atoms in total. The van der Waals surface area contributed by atoms with Gasteiger partial charge >= 0.3 is 0 Å². The average molecular weight is 261 g/mol. The van der Waals surface area contributed by atoms with Crippen molar-refractivity contribution < 1.29 is 4.74 Å². The van der Waals surface area contributed by atoms with Gasteiger partial charge in [-0.25, -0.2) is 0 Å². The van der Waals surface area contributed by atoms with Gasteiger partial charge in [-0.1, -0.05) is 31.5 Å². The van der Waals surface area contributed by atoms with E-state index in [-0.39, 0.29) is 6.10 Å². The molecule has 0 amide bonds. The van der Waals surface area contributed by atoms with Crippen LogP contribution in [0.3, 0.4) is 0 Å². The van der Waals surface area contributed by atoms with Crippen molar-refractivity contribution in [1.29, 1.82) is 0 Å². The molecule has 1 aromatic carbocycles. The second-order valence-corrected chi connectivity index (χ2v) is 6.00. The molecule has 2 unspecified atom stereocenters. The van der Waals surface area contributed by atoms with Crippen molar-refractivity contribution in [3.63, 3.8) is 0 Å². The van der Waals surface area contributed by atoms with Gasteiger partial charge in [0, 0.05) is 22.7 Å². The summed E-state index contributed by atoms with van der Waals surface area (Å²) < 4.78 is 7.55. The minimum absolute atomic E-state index is 0.229. The standard InChI is InChI=1S/C15H19NOS/c1-2-5-12-9-16-10-13(17-12)15-8-11-6-3-4-7-14(11)18-15/h3-4,6-8,12-13,16H,2,5,9-10H2,1H3. The van der Waals surface area contributed by atoms with E-state index in [4.69, 9.17) is 4.74 Å². The molecule has 1 fully saturated rings. The van der Waals surface area contributed by atoms with Crippen LogP contribution in [0.15, 0.2) is 30.3 Å². The van der Waals surface area contributed by atoms with Gasteiger partial charge in [-0.05, 0) is 23.9 Å². The molecule has 1 aliphatic rings. The molecule has 96 valence electrons. The number of nitrogens with one attached hydrogen (secondary N) is 1. The number of thiophene rings is 1. The lowest BCUT2D eigenvalue weighted by Gasteiger charge is -2.30. The van der Waals surface area contributed by atoms with Gasteiger partial charge in [-0.3, -0.25) is 0 Å². The van der Waals surface area contributed by atoms with Crippen molar-refractivity contribution in [3.8, 4) is 0 Å². The second-order valence-electron chi connectivity index (χ2n) is 4.88. The Hall–Kier alpha value is -0.900. The fourth-order valence-corrected chi connectivity index (χ4v) is 3.63. The Morgan fingerprint density at radius 3 is 3.06 bits per heavy atom. The summed E-state index contributed by atoms with van der Waals surface area (Å²) in [5.41, 5.74) is 0. The first-order chi connectivity index (χ1) is 8.86. The van der Waals surface area contributed by atoms with Gasteiger partial charge in [0.05, 0.1) is 6.10 Å². The summed E-state index contributed by atoms with van der Waals surface area (Å²) in [5.74, 6) is 0. The van der Waals surface area contributed by atoms with Crippen molar-refractivity contribution in [2.45, 2.75) is 32.0 Å². The maximum Gasteiger partial charge on any atom is 0.104 e. The zero-order chi connectivity index (χ0) is 12.4. The first-order valence-electron chi connectivity index (χ1n) is 6.71. The first kappa shape index (κ1) is 12.2. The van der Waals surface area contributed by atoms with E-state index in [1.807, 2.05) is 11.3 Å². The zero-order valence-electron chi connectivity index (χ0n) is 10.7. The number of morpholine rings is 1. The van der Waals surface area contributed by atoms with Crippen LogP contribution in [-0.2, 0) is 4.74 Å². The molecular weight excluding hydrogens is 242 g/mol. The Morgan fingerprint density at radius 1 is 1.33 bits per heavy atom. The smallest absolute Gasteiger partial charge is 0.104 e. The summed E-state index contributed by atoms with van der Waals surface area (Å²) in [6.45, 7) is 4.15. The van der Waals surface area contributed by atoms with Crippen LogP contribution in [0.1, 0.15) is 30.7 Å². The lowest BCUT2D eigenvalue weighted by Crippen LogP contribution is -2.40. The number of hydrogen-bond acceptors (Lipinski definition) is 3. The fourth-order valence-electron chi connectivity index (χ4n) is 2.52. The van der Waals surface area contributed by atoms with E-state index in [0.29, 0.717) is 6.10 Å². The van der Waals surface area contributed by atoms with Gasteiger partial charge in [0.1, 0.15) is 6.10 Å². The maximum absolute atomic E-state index is 6.19. The summed E-state index contributed by atoms with van der Waals surface area (Å²) in [6, 6.07) is 10.8. The summed E-state index contributed by atoms with van der Waals surface area (Å²) in [5, 5.41) is 4.83. The molecule has 1 aromatic heterocycles. The molecule has 0 radical (unpaired) electrons.